The minimum Gasteiger partial charge on any atom is -0.462 e. The van der Waals surface area contributed by atoms with Gasteiger partial charge in [-0.15, -0.1) is 0 Å². The molecule has 0 aliphatic heterocycles. The average molecular weight is 779 g/mol. The molecule has 0 aromatic rings. The van der Waals surface area contributed by atoms with Crippen LogP contribution < -0.4 is 0 Å². The third kappa shape index (κ3) is 39.4. The summed E-state index contributed by atoms with van der Waals surface area (Å²) in [5.41, 5.74) is 0. The number of phosphoric acid groups is 1. The molecule has 0 aliphatic rings. The first-order valence-corrected chi connectivity index (χ1v) is 23.0. The van der Waals surface area contributed by atoms with E-state index in [1.807, 2.05) is 0 Å². The molecule has 0 aromatic heterocycles. The lowest BCUT2D eigenvalue weighted by Crippen LogP contribution is -2.29. The molecule has 0 spiro atoms. The van der Waals surface area contributed by atoms with Crippen LogP contribution in [0.25, 0.3) is 0 Å². The van der Waals surface area contributed by atoms with Crippen LogP contribution >= 0.6 is 7.82 Å². The van der Waals surface area contributed by atoms with Crippen LogP contribution in [0, 0.1) is 0 Å². The Bertz CT molecular complexity index is 1060. The molecule has 0 amide bonds. The fourth-order valence-electron chi connectivity index (χ4n) is 5.70. The minimum atomic E-state index is -4.27. The van der Waals surface area contributed by atoms with E-state index in [0.29, 0.717) is 6.42 Å². The summed E-state index contributed by atoms with van der Waals surface area (Å²) in [6.45, 7) is 3.75. The lowest BCUT2D eigenvalue weighted by atomic mass is 10.1. The zero-order chi connectivity index (χ0) is 39.6. The molecule has 1 N–H and O–H groups in total. The molecular formula is C45H79O8P. The molecule has 0 fully saturated rings. The van der Waals surface area contributed by atoms with Crippen molar-refractivity contribution in [1.82, 2.24) is 0 Å². The van der Waals surface area contributed by atoms with E-state index < -0.39 is 26.5 Å². The summed E-state index contributed by atoms with van der Waals surface area (Å²) in [5.74, 6) is -0.826. The first kappa shape index (κ1) is 51.8. The number of carbonyl (C=O) groups excluding carboxylic acids is 2. The van der Waals surface area contributed by atoms with Gasteiger partial charge in [0.15, 0.2) is 6.10 Å². The van der Waals surface area contributed by atoms with Gasteiger partial charge >= 0.3 is 19.8 Å². The van der Waals surface area contributed by atoms with Crippen LogP contribution in [0.5, 0.6) is 0 Å². The van der Waals surface area contributed by atoms with Crippen molar-refractivity contribution in [3.63, 3.8) is 0 Å². The zero-order valence-corrected chi connectivity index (χ0v) is 35.5. The maximum absolute atomic E-state index is 12.5. The summed E-state index contributed by atoms with van der Waals surface area (Å²) in [6.07, 6.45) is 49.8. The highest BCUT2D eigenvalue weighted by molar-refractivity contribution is 7.47. The number of unbranched alkanes of at least 4 members (excludes halogenated alkanes) is 18. The lowest BCUT2D eigenvalue weighted by molar-refractivity contribution is -0.161. The predicted octanol–water partition coefficient (Wildman–Crippen LogP) is 13.6. The first-order valence-electron chi connectivity index (χ1n) is 21.5. The van der Waals surface area contributed by atoms with Crippen molar-refractivity contribution in [2.75, 3.05) is 20.3 Å². The van der Waals surface area contributed by atoms with Crippen molar-refractivity contribution in [3.8, 4) is 0 Å². The van der Waals surface area contributed by atoms with Gasteiger partial charge in [-0.3, -0.25) is 18.6 Å². The molecule has 312 valence electrons. The van der Waals surface area contributed by atoms with Crippen molar-refractivity contribution in [2.45, 2.75) is 193 Å². The third-order valence-corrected chi connectivity index (χ3v) is 9.93. The monoisotopic (exact) mass is 779 g/mol. The summed E-state index contributed by atoms with van der Waals surface area (Å²) < 4.78 is 32.0. The van der Waals surface area contributed by atoms with E-state index >= 15 is 0 Å². The van der Waals surface area contributed by atoms with Crippen molar-refractivity contribution in [2.24, 2.45) is 0 Å². The Morgan fingerprint density at radius 1 is 0.537 bits per heavy atom. The molecule has 0 bridgehead atoms. The Morgan fingerprint density at radius 2 is 0.944 bits per heavy atom. The average Bonchev–Trinajstić information content (AvgIpc) is 3.16. The smallest absolute Gasteiger partial charge is 0.462 e. The van der Waals surface area contributed by atoms with Crippen molar-refractivity contribution >= 4 is 19.8 Å². The second-order valence-electron chi connectivity index (χ2n) is 14.1. The highest BCUT2D eigenvalue weighted by Crippen LogP contribution is 2.42. The van der Waals surface area contributed by atoms with Crippen LogP contribution in [0.3, 0.4) is 0 Å². The maximum Gasteiger partial charge on any atom is 0.472 e. The molecular weight excluding hydrogens is 699 g/mol. The summed E-state index contributed by atoms with van der Waals surface area (Å²) >= 11 is 0. The molecule has 9 heteroatoms. The van der Waals surface area contributed by atoms with Gasteiger partial charge in [0.2, 0.25) is 0 Å². The van der Waals surface area contributed by atoms with Crippen molar-refractivity contribution in [3.05, 3.63) is 60.8 Å². The first-order chi connectivity index (χ1) is 26.3. The predicted molar refractivity (Wildman–Crippen MR) is 225 cm³/mol. The van der Waals surface area contributed by atoms with Gasteiger partial charge in [0.25, 0.3) is 0 Å². The Morgan fingerprint density at radius 3 is 1.41 bits per heavy atom. The fourth-order valence-corrected chi connectivity index (χ4v) is 6.16. The normalized spacial score (nSPS) is 13.9. The number of rotatable bonds is 39. The third-order valence-electron chi connectivity index (χ3n) is 9.00. The van der Waals surface area contributed by atoms with Crippen LogP contribution in [-0.2, 0) is 32.7 Å². The van der Waals surface area contributed by atoms with E-state index in [1.54, 1.807) is 0 Å². The van der Waals surface area contributed by atoms with E-state index in [4.69, 9.17) is 14.0 Å². The molecule has 0 saturated heterocycles. The number of ether oxygens (including phenoxy) is 2. The van der Waals surface area contributed by atoms with Crippen LogP contribution in [-0.4, -0.2) is 43.3 Å². The quantitative estimate of drug-likeness (QED) is 0.0284. The largest absolute Gasteiger partial charge is 0.472 e. The second kappa shape index (κ2) is 40.4. The summed E-state index contributed by atoms with van der Waals surface area (Å²) in [5, 5.41) is 0. The number of carbonyl (C=O) groups is 2. The standard InChI is InChI=1S/C45H79O8P/c1-4-6-8-10-12-14-16-18-20-22-24-25-27-29-31-33-35-37-39-44(46)51-41-43(42-52-54(48,49)50-3)53-45(47)40-38-36-34-32-30-28-26-23-21-19-17-15-13-11-9-7-5-2/h7,9,13-16,19-22,43H,4-6,8,10-12,17-18,23-42H2,1-3H3,(H,48,49)/b9-7-,15-13-,16-14-,21-19-,22-20-. The molecule has 8 nitrogen and oxygen atoms in total. The maximum atomic E-state index is 12.5. The number of hydrogen-bond acceptors (Lipinski definition) is 7. The van der Waals surface area contributed by atoms with Gasteiger partial charge in [-0.1, -0.05) is 158 Å². The molecule has 0 aromatic carbocycles. The van der Waals surface area contributed by atoms with E-state index in [2.05, 4.69) is 79.1 Å². The summed E-state index contributed by atoms with van der Waals surface area (Å²) in [7, 11) is -3.21. The molecule has 2 unspecified atom stereocenters. The van der Waals surface area contributed by atoms with Crippen LogP contribution in [0.1, 0.15) is 187 Å². The number of hydrogen-bond donors (Lipinski definition) is 1. The van der Waals surface area contributed by atoms with Crippen LogP contribution in [0.4, 0.5) is 0 Å². The number of phosphoric ester groups is 1. The minimum absolute atomic E-state index is 0.229. The van der Waals surface area contributed by atoms with Crippen molar-refractivity contribution < 1.29 is 37.6 Å². The Hall–Kier alpha value is -2.25. The highest BCUT2D eigenvalue weighted by Gasteiger charge is 2.24. The fraction of sp³-hybridized carbons (Fsp3) is 0.733. The van der Waals surface area contributed by atoms with E-state index in [1.165, 1.54) is 70.6 Å². The summed E-state index contributed by atoms with van der Waals surface area (Å²) in [4.78, 5) is 34.5. The molecule has 0 radical (unpaired) electrons. The van der Waals surface area contributed by atoms with Gasteiger partial charge in [-0.05, 0) is 77.0 Å². The molecule has 2 atom stereocenters. The molecule has 54 heavy (non-hydrogen) atoms. The van der Waals surface area contributed by atoms with Gasteiger partial charge in [0.05, 0.1) is 6.61 Å². The molecule has 0 saturated carbocycles. The number of allylic oxidation sites excluding steroid dienone is 10. The molecule has 0 heterocycles. The summed E-state index contributed by atoms with van der Waals surface area (Å²) in [6, 6.07) is 0. The zero-order valence-electron chi connectivity index (χ0n) is 34.6. The van der Waals surface area contributed by atoms with Crippen LogP contribution in [0.2, 0.25) is 0 Å². The van der Waals surface area contributed by atoms with Gasteiger partial charge < -0.3 is 14.4 Å². The SMILES string of the molecule is CC/C=C\C/C=C\C/C=C\CCCCCCCCCC(=O)OC(COC(=O)CCCCCCCCC/C=C\C/C=C\CCCCCC)COP(=O)(O)OC. The topological polar surface area (TPSA) is 108 Å². The van der Waals surface area contributed by atoms with E-state index in [9.17, 15) is 19.0 Å². The second-order valence-corrected chi connectivity index (χ2v) is 15.7. The molecule has 0 aliphatic carbocycles. The lowest BCUT2D eigenvalue weighted by Gasteiger charge is -2.19. The molecule has 0 rings (SSSR count). The van der Waals surface area contributed by atoms with Crippen molar-refractivity contribution in [1.29, 1.82) is 0 Å². The van der Waals surface area contributed by atoms with Gasteiger partial charge in [-0.25, -0.2) is 4.57 Å². The van der Waals surface area contributed by atoms with Gasteiger partial charge in [0.1, 0.15) is 6.61 Å². The Balaban J connectivity index is 4.03. The van der Waals surface area contributed by atoms with E-state index in [-0.39, 0.29) is 25.4 Å². The van der Waals surface area contributed by atoms with Crippen LogP contribution in [0.15, 0.2) is 60.8 Å². The Kier molecular flexibility index (Phi) is 38.7. The number of esters is 2. The van der Waals surface area contributed by atoms with E-state index in [0.717, 1.165) is 90.6 Å². The Labute approximate surface area is 330 Å². The highest BCUT2D eigenvalue weighted by atomic mass is 31.2. The van der Waals surface area contributed by atoms with Gasteiger partial charge in [-0.2, -0.15) is 0 Å². The van der Waals surface area contributed by atoms with Gasteiger partial charge in [0, 0.05) is 20.0 Å².